The van der Waals surface area contributed by atoms with Crippen molar-refractivity contribution >= 4 is 52.9 Å². The zero-order valence-corrected chi connectivity index (χ0v) is 26.5. The Bertz CT molecular complexity index is 1240. The highest BCUT2D eigenvalue weighted by molar-refractivity contribution is 8.13. The van der Waals surface area contributed by atoms with Gasteiger partial charge in [0.25, 0.3) is 17.3 Å². The van der Waals surface area contributed by atoms with Gasteiger partial charge in [-0.15, -0.1) is 0 Å². The maximum Gasteiger partial charge on any atom is 0.330 e. The summed E-state index contributed by atoms with van der Waals surface area (Å²) in [6.45, 7) is 7.49. The molecular weight excluding hydrogens is 612 g/mol. The Morgan fingerprint density at radius 3 is 2.55 bits per heavy atom. The lowest BCUT2D eigenvalue weighted by Gasteiger charge is -2.28. The number of aryl methyl sites for hydroxylation is 1. The number of H-pyrrole nitrogens is 1. The first-order valence-electron chi connectivity index (χ1n) is 12.4. The van der Waals surface area contributed by atoms with E-state index in [9.17, 15) is 24.3 Å². The third-order valence-corrected chi connectivity index (χ3v) is 9.75. The SMILES string of the molecule is Cc1cn([C@@H]2O[C@H](CO[P@](=S)(N[C@@H](C)C(=O)OC(C)C)OCCSC(=O)C(C)(C)C)[C@@H](O)[C@]2(F)Cl)c(=O)[nH]c1=O. The second-order valence-electron chi connectivity index (χ2n) is 10.5. The molecule has 0 aliphatic carbocycles. The van der Waals surface area contributed by atoms with E-state index in [1.807, 2.05) is 4.98 Å². The van der Waals surface area contributed by atoms with E-state index in [1.165, 1.54) is 13.8 Å². The number of aromatic amines is 1. The number of rotatable bonds is 12. The standard InChI is InChI=1S/C23H36ClFN3O9PS2/c1-12(2)36-18(31)14(4)27-38(39,34-8-9-40-20(32)22(5,6)7)35-11-15-16(29)23(24,25)19(37-15)28-10-13(3)17(30)26-21(28)33/h10,12,14-16,19,29H,8-9,11H2,1-7H3,(H,27,39)(H,26,30,33)/t14-,15+,16+,19+,23+,38-/m0/s1. The predicted octanol–water partition coefficient (Wildman–Crippen LogP) is 2.50. The molecule has 17 heteroatoms. The van der Waals surface area contributed by atoms with Crippen LogP contribution in [-0.4, -0.2) is 74.2 Å². The average Bonchev–Trinajstić information content (AvgIpc) is 3.05. The summed E-state index contributed by atoms with van der Waals surface area (Å²) in [5.74, 6) is -0.388. The van der Waals surface area contributed by atoms with Crippen molar-refractivity contribution in [1.82, 2.24) is 14.6 Å². The van der Waals surface area contributed by atoms with Crippen molar-refractivity contribution in [3.05, 3.63) is 32.6 Å². The number of aliphatic hydroxyl groups is 1. The van der Waals surface area contributed by atoms with Crippen molar-refractivity contribution in [2.75, 3.05) is 19.0 Å². The van der Waals surface area contributed by atoms with E-state index in [1.54, 1.807) is 34.6 Å². The van der Waals surface area contributed by atoms with Crippen molar-refractivity contribution in [3.63, 3.8) is 0 Å². The molecule has 0 amide bonds. The highest BCUT2D eigenvalue weighted by Crippen LogP contribution is 2.48. The summed E-state index contributed by atoms with van der Waals surface area (Å²) in [5, 5.41) is 10.3. The van der Waals surface area contributed by atoms with Crippen LogP contribution in [0.15, 0.2) is 15.8 Å². The van der Waals surface area contributed by atoms with Gasteiger partial charge in [-0.25, -0.2) is 14.3 Å². The molecule has 1 fully saturated rings. The van der Waals surface area contributed by atoms with E-state index in [-0.39, 0.29) is 23.0 Å². The van der Waals surface area contributed by atoms with Crippen LogP contribution in [0.3, 0.4) is 0 Å². The van der Waals surface area contributed by atoms with E-state index in [2.05, 4.69) is 5.09 Å². The molecular formula is C23H36ClFN3O9PS2. The first-order chi connectivity index (χ1) is 18.3. The summed E-state index contributed by atoms with van der Waals surface area (Å²) >= 11 is 12.6. The number of aliphatic hydroxyl groups excluding tert-OH is 1. The van der Waals surface area contributed by atoms with Crippen LogP contribution < -0.4 is 16.3 Å². The van der Waals surface area contributed by atoms with Crippen LogP contribution >= 0.6 is 30.0 Å². The molecule has 2 rings (SSSR count). The smallest absolute Gasteiger partial charge is 0.330 e. The molecule has 2 heterocycles. The van der Waals surface area contributed by atoms with E-state index >= 15 is 4.39 Å². The number of carbonyl (C=O) groups excluding carboxylic acids is 2. The monoisotopic (exact) mass is 647 g/mol. The fourth-order valence-electron chi connectivity index (χ4n) is 3.28. The minimum atomic E-state index is -3.52. The van der Waals surface area contributed by atoms with Crippen LogP contribution in [0.4, 0.5) is 4.39 Å². The predicted molar refractivity (Wildman–Crippen MR) is 153 cm³/mol. The third kappa shape index (κ3) is 9.17. The van der Waals surface area contributed by atoms with Crippen LogP contribution in [0, 0.1) is 12.3 Å². The number of halogens is 2. The molecule has 40 heavy (non-hydrogen) atoms. The van der Waals surface area contributed by atoms with Crippen molar-refractivity contribution in [1.29, 1.82) is 0 Å². The molecule has 0 aromatic carbocycles. The molecule has 1 aromatic rings. The first kappa shape index (κ1) is 35.0. The van der Waals surface area contributed by atoms with Gasteiger partial charge in [-0.3, -0.25) is 23.9 Å². The number of nitrogens with zero attached hydrogens (tertiary/aromatic N) is 1. The zero-order valence-electron chi connectivity index (χ0n) is 23.3. The Hall–Kier alpha value is -1.16. The van der Waals surface area contributed by atoms with Crippen LogP contribution in [0.25, 0.3) is 0 Å². The third-order valence-electron chi connectivity index (χ3n) is 5.43. The number of alkyl halides is 2. The number of esters is 1. The molecule has 228 valence electrons. The number of nitrogens with one attached hydrogen (secondary N) is 2. The lowest BCUT2D eigenvalue weighted by atomic mass is 10.00. The van der Waals surface area contributed by atoms with Crippen molar-refractivity contribution in [2.24, 2.45) is 5.41 Å². The van der Waals surface area contributed by atoms with E-state index in [0.717, 1.165) is 22.5 Å². The maximum absolute atomic E-state index is 15.4. The second-order valence-corrected chi connectivity index (χ2v) is 15.3. The molecule has 0 bridgehead atoms. The summed E-state index contributed by atoms with van der Waals surface area (Å²) in [5.41, 5.74) is -2.14. The Labute approximate surface area is 245 Å². The van der Waals surface area contributed by atoms with Gasteiger partial charge in [0, 0.05) is 22.9 Å². The quantitative estimate of drug-likeness (QED) is 0.132. The van der Waals surface area contributed by atoms with Crippen molar-refractivity contribution in [2.45, 2.75) is 84.2 Å². The van der Waals surface area contributed by atoms with Gasteiger partial charge < -0.3 is 23.6 Å². The fraction of sp³-hybridized carbons (Fsp3) is 0.739. The number of thioether (sulfide) groups is 1. The number of ether oxygens (including phenoxy) is 2. The molecule has 1 aromatic heterocycles. The molecule has 6 atom stereocenters. The summed E-state index contributed by atoms with van der Waals surface area (Å²) in [4.78, 5) is 50.6. The molecule has 1 aliphatic heterocycles. The van der Waals surface area contributed by atoms with Gasteiger partial charge in [0.15, 0.2) is 11.3 Å². The summed E-state index contributed by atoms with van der Waals surface area (Å²) in [6, 6.07) is -0.963. The topological polar surface area (TPSA) is 158 Å². The number of aromatic nitrogens is 2. The van der Waals surface area contributed by atoms with Gasteiger partial charge in [0.1, 0.15) is 18.2 Å². The highest BCUT2D eigenvalue weighted by atomic mass is 35.5. The number of hydrogen-bond donors (Lipinski definition) is 3. The van der Waals surface area contributed by atoms with Gasteiger partial charge in [-0.2, -0.15) is 0 Å². The van der Waals surface area contributed by atoms with E-state index in [4.69, 9.17) is 41.9 Å². The summed E-state index contributed by atoms with van der Waals surface area (Å²) in [7, 11) is 0. The highest BCUT2D eigenvalue weighted by Gasteiger charge is 2.58. The number of carbonyl (C=O) groups is 2. The Morgan fingerprint density at radius 1 is 1.35 bits per heavy atom. The molecule has 1 saturated heterocycles. The Kier molecular flexibility index (Phi) is 12.2. The van der Waals surface area contributed by atoms with E-state index < -0.39 is 71.6 Å². The van der Waals surface area contributed by atoms with Crippen LogP contribution in [0.2, 0.25) is 0 Å². The van der Waals surface area contributed by atoms with Gasteiger partial charge in [0.05, 0.1) is 19.3 Å². The van der Waals surface area contributed by atoms with Gasteiger partial charge in [-0.1, -0.05) is 44.1 Å². The van der Waals surface area contributed by atoms with Crippen molar-refractivity contribution < 1.29 is 37.6 Å². The minimum Gasteiger partial charge on any atom is -0.462 e. The summed E-state index contributed by atoms with van der Waals surface area (Å²) < 4.78 is 38.4. The normalized spacial score (nSPS) is 25.5. The lowest BCUT2D eigenvalue weighted by molar-refractivity contribution is -0.149. The summed E-state index contributed by atoms with van der Waals surface area (Å²) in [6.07, 6.45) is -4.55. The van der Waals surface area contributed by atoms with Gasteiger partial charge in [0.2, 0.25) is 0 Å². The second kappa shape index (κ2) is 13.9. The van der Waals surface area contributed by atoms with Crippen LogP contribution in [0.5, 0.6) is 0 Å². The Balaban J connectivity index is 2.19. The molecule has 3 N–H and O–H groups in total. The average molecular weight is 648 g/mol. The minimum absolute atomic E-state index is 0.0337. The molecule has 0 spiro atoms. The van der Waals surface area contributed by atoms with E-state index in [0.29, 0.717) is 0 Å². The molecule has 1 aliphatic rings. The van der Waals surface area contributed by atoms with Crippen molar-refractivity contribution in [3.8, 4) is 0 Å². The lowest BCUT2D eigenvalue weighted by Crippen LogP contribution is -2.42. The molecule has 0 unspecified atom stereocenters. The maximum atomic E-state index is 15.4. The Morgan fingerprint density at radius 2 is 1.98 bits per heavy atom. The molecule has 0 radical (unpaired) electrons. The van der Waals surface area contributed by atoms with Crippen LogP contribution in [0.1, 0.15) is 53.3 Å². The molecule has 0 saturated carbocycles. The fourth-order valence-corrected chi connectivity index (χ4v) is 6.85. The first-order valence-corrected chi connectivity index (χ1v) is 16.4. The van der Waals surface area contributed by atoms with Crippen LogP contribution in [-0.2, 0) is 39.9 Å². The number of hydrogen-bond acceptors (Lipinski definition) is 11. The van der Waals surface area contributed by atoms with Gasteiger partial charge in [-0.05, 0) is 39.5 Å². The van der Waals surface area contributed by atoms with Gasteiger partial charge >= 0.3 is 11.7 Å². The zero-order chi connectivity index (χ0) is 30.6. The largest absolute Gasteiger partial charge is 0.462 e. The molecule has 12 nitrogen and oxygen atoms in total.